The molecule has 0 bridgehead atoms. The number of nitrogens with zero attached hydrogens (tertiary/aromatic N) is 5. The van der Waals surface area contributed by atoms with Gasteiger partial charge in [0.25, 0.3) is 5.91 Å². The minimum atomic E-state index is -4.42. The Balaban J connectivity index is 1.65. The average Bonchev–Trinajstić information content (AvgIpc) is 3.11. The van der Waals surface area contributed by atoms with Gasteiger partial charge in [0.05, 0.1) is 11.8 Å². The van der Waals surface area contributed by atoms with Gasteiger partial charge in [-0.05, 0) is 12.3 Å². The lowest BCUT2D eigenvalue weighted by Gasteiger charge is -2.28. The Labute approximate surface area is 136 Å². The number of hydrogen-bond donors (Lipinski definition) is 0. The number of aromatic nitrogens is 4. The maximum atomic E-state index is 12.7. The summed E-state index contributed by atoms with van der Waals surface area (Å²) < 4.78 is 41.3. The van der Waals surface area contributed by atoms with Crippen molar-refractivity contribution in [1.29, 1.82) is 0 Å². The molecule has 2 aromatic heterocycles. The minimum Gasteiger partial charge on any atom is -0.341 e. The predicted molar refractivity (Wildman–Crippen MR) is 79.2 cm³/mol. The third-order valence-corrected chi connectivity index (χ3v) is 4.21. The molecule has 2 aromatic rings. The zero-order valence-electron chi connectivity index (χ0n) is 13.4. The van der Waals surface area contributed by atoms with Crippen LogP contribution >= 0.6 is 0 Å². The first-order valence-electron chi connectivity index (χ1n) is 7.61. The molecule has 3 heterocycles. The van der Waals surface area contributed by atoms with Gasteiger partial charge in [0.1, 0.15) is 5.82 Å². The van der Waals surface area contributed by atoms with Gasteiger partial charge in [0, 0.05) is 46.0 Å². The third kappa shape index (κ3) is 3.29. The molecule has 0 fully saturated rings. The smallest absolute Gasteiger partial charge is 0.341 e. The van der Waals surface area contributed by atoms with E-state index < -0.39 is 11.9 Å². The molecule has 0 unspecified atom stereocenters. The summed E-state index contributed by atoms with van der Waals surface area (Å²) in [4.78, 5) is 17.6. The summed E-state index contributed by atoms with van der Waals surface area (Å²) >= 11 is 0. The summed E-state index contributed by atoms with van der Waals surface area (Å²) in [6, 6.07) is 0. The molecule has 24 heavy (non-hydrogen) atoms. The number of alkyl halides is 3. The van der Waals surface area contributed by atoms with E-state index in [0.717, 1.165) is 6.20 Å². The lowest BCUT2D eigenvalue weighted by atomic mass is 9.99. The molecule has 0 spiro atoms. The van der Waals surface area contributed by atoms with Gasteiger partial charge >= 0.3 is 6.18 Å². The number of imidazole rings is 1. The molecule has 0 aliphatic carbocycles. The molecule has 3 rings (SSSR count). The monoisotopic (exact) mass is 341 g/mol. The molecule has 1 aliphatic rings. The summed E-state index contributed by atoms with van der Waals surface area (Å²) in [5, 5.41) is 3.97. The second-order valence-corrected chi connectivity index (χ2v) is 6.19. The summed E-state index contributed by atoms with van der Waals surface area (Å²) in [6.07, 6.45) is 0.971. The van der Waals surface area contributed by atoms with Crippen LogP contribution in [0.5, 0.6) is 0 Å². The first-order valence-corrected chi connectivity index (χ1v) is 7.61. The number of rotatable bonds is 3. The zero-order valence-corrected chi connectivity index (χ0v) is 13.4. The maximum Gasteiger partial charge on any atom is 0.434 e. The van der Waals surface area contributed by atoms with E-state index in [1.165, 1.54) is 6.20 Å². The van der Waals surface area contributed by atoms with Crippen LogP contribution < -0.4 is 0 Å². The second kappa shape index (κ2) is 5.95. The number of amides is 1. The normalized spacial score (nSPS) is 17.6. The fraction of sp³-hybridized carbons (Fsp3) is 0.533. The molecule has 1 aliphatic heterocycles. The highest BCUT2D eigenvalue weighted by Gasteiger charge is 2.36. The molecule has 1 amide bonds. The van der Waals surface area contributed by atoms with Gasteiger partial charge in [-0.25, -0.2) is 4.98 Å². The fourth-order valence-corrected chi connectivity index (χ4v) is 3.02. The molecule has 0 N–H and O–H groups in total. The largest absolute Gasteiger partial charge is 0.434 e. The summed E-state index contributed by atoms with van der Waals surface area (Å²) in [7, 11) is 3.43. The van der Waals surface area contributed by atoms with Crippen molar-refractivity contribution in [2.24, 2.45) is 13.0 Å². The van der Waals surface area contributed by atoms with Crippen LogP contribution in [-0.4, -0.2) is 43.7 Å². The van der Waals surface area contributed by atoms with Gasteiger partial charge < -0.3 is 9.47 Å². The van der Waals surface area contributed by atoms with Crippen molar-refractivity contribution in [3.8, 4) is 0 Å². The average molecular weight is 341 g/mol. The first kappa shape index (κ1) is 16.5. The Morgan fingerprint density at radius 1 is 1.42 bits per heavy atom. The molecule has 0 saturated carbocycles. The highest BCUT2D eigenvalue weighted by atomic mass is 19.4. The van der Waals surface area contributed by atoms with Crippen LogP contribution in [-0.2, 0) is 26.2 Å². The minimum absolute atomic E-state index is 0.0957. The van der Waals surface area contributed by atoms with Crippen LogP contribution in [0.25, 0.3) is 0 Å². The quantitative estimate of drug-likeness (QED) is 0.858. The van der Waals surface area contributed by atoms with Crippen molar-refractivity contribution in [1.82, 2.24) is 24.2 Å². The Morgan fingerprint density at radius 3 is 2.79 bits per heavy atom. The molecule has 1 atom stereocenters. The van der Waals surface area contributed by atoms with Crippen molar-refractivity contribution < 1.29 is 18.0 Å². The van der Waals surface area contributed by atoms with E-state index in [9.17, 15) is 18.0 Å². The van der Waals surface area contributed by atoms with Crippen molar-refractivity contribution in [2.45, 2.75) is 25.6 Å². The van der Waals surface area contributed by atoms with Gasteiger partial charge in [-0.1, -0.05) is 0 Å². The van der Waals surface area contributed by atoms with E-state index in [1.807, 2.05) is 0 Å². The summed E-state index contributed by atoms with van der Waals surface area (Å²) in [5.74, 6) is 0.411. The van der Waals surface area contributed by atoms with Crippen LogP contribution in [0.3, 0.4) is 0 Å². The molecule has 0 radical (unpaired) electrons. The Morgan fingerprint density at radius 2 is 2.17 bits per heavy atom. The third-order valence-electron chi connectivity index (χ3n) is 4.21. The summed E-state index contributed by atoms with van der Waals surface area (Å²) in [6.45, 7) is 0.912. The lowest BCUT2D eigenvalue weighted by molar-refractivity contribution is -0.141. The highest BCUT2D eigenvalue weighted by molar-refractivity contribution is 5.93. The van der Waals surface area contributed by atoms with E-state index in [0.29, 0.717) is 37.3 Å². The van der Waals surface area contributed by atoms with E-state index in [2.05, 4.69) is 10.1 Å². The van der Waals surface area contributed by atoms with Gasteiger partial charge in [-0.2, -0.15) is 18.3 Å². The van der Waals surface area contributed by atoms with Gasteiger partial charge in [-0.3, -0.25) is 9.48 Å². The van der Waals surface area contributed by atoms with Gasteiger partial charge in [0.15, 0.2) is 5.69 Å². The number of hydrogen-bond acceptors (Lipinski definition) is 3. The van der Waals surface area contributed by atoms with E-state index in [-0.39, 0.29) is 11.8 Å². The number of carbonyl (C=O) groups is 1. The Kier molecular flexibility index (Phi) is 4.10. The molecule has 6 nitrogen and oxygen atoms in total. The fourth-order valence-electron chi connectivity index (χ4n) is 3.02. The molecular formula is C15H18F3N5O. The first-order chi connectivity index (χ1) is 11.2. The molecular weight excluding hydrogens is 323 g/mol. The molecule has 130 valence electrons. The van der Waals surface area contributed by atoms with Gasteiger partial charge in [-0.15, -0.1) is 0 Å². The molecule has 0 saturated heterocycles. The van der Waals surface area contributed by atoms with Crippen molar-refractivity contribution in [2.75, 3.05) is 13.6 Å². The zero-order chi connectivity index (χ0) is 17.5. The Bertz CT molecular complexity index is 749. The predicted octanol–water partition coefficient (Wildman–Crippen LogP) is 1.97. The van der Waals surface area contributed by atoms with Crippen LogP contribution in [0, 0.1) is 5.92 Å². The number of carbonyl (C=O) groups excluding carboxylic acids is 1. The number of fused-ring (bicyclic) bond motifs is 1. The van der Waals surface area contributed by atoms with Gasteiger partial charge in [0.2, 0.25) is 0 Å². The Hall–Kier alpha value is -2.32. The SMILES string of the molecule is CN(C[C@H]1CCc2nc(C(F)(F)F)cn2C1)C(=O)c1cnn(C)c1. The van der Waals surface area contributed by atoms with Crippen molar-refractivity contribution in [3.63, 3.8) is 0 Å². The number of halogens is 3. The van der Waals surface area contributed by atoms with Crippen molar-refractivity contribution in [3.05, 3.63) is 35.7 Å². The standard InChI is InChI=1S/C15H18F3N5O/c1-21(14(24)11-5-19-22(2)8-11)6-10-3-4-13-20-12(15(16,17)18)9-23(13)7-10/h5,8-10H,3-4,6-7H2,1-2H3/t10-/m1/s1. The maximum absolute atomic E-state index is 12.7. The van der Waals surface area contributed by atoms with E-state index >= 15 is 0 Å². The van der Waals surface area contributed by atoms with E-state index in [4.69, 9.17) is 0 Å². The molecule has 0 aromatic carbocycles. The van der Waals surface area contributed by atoms with Crippen LogP contribution in [0.2, 0.25) is 0 Å². The van der Waals surface area contributed by atoms with Crippen LogP contribution in [0.4, 0.5) is 13.2 Å². The summed E-state index contributed by atoms with van der Waals surface area (Å²) in [5.41, 5.74) is -0.351. The number of aryl methyl sites for hydroxylation is 2. The lowest BCUT2D eigenvalue weighted by Crippen LogP contribution is -2.35. The van der Waals surface area contributed by atoms with Crippen LogP contribution in [0.1, 0.15) is 28.3 Å². The van der Waals surface area contributed by atoms with Crippen molar-refractivity contribution >= 4 is 5.91 Å². The molecule has 9 heteroatoms. The highest BCUT2D eigenvalue weighted by Crippen LogP contribution is 2.30. The second-order valence-electron chi connectivity index (χ2n) is 6.19. The van der Waals surface area contributed by atoms with Crippen LogP contribution in [0.15, 0.2) is 18.6 Å². The van der Waals surface area contributed by atoms with E-state index in [1.54, 1.807) is 34.4 Å². The topological polar surface area (TPSA) is 56.0 Å².